The van der Waals surface area contributed by atoms with Crippen molar-refractivity contribution in [2.45, 2.75) is 6.92 Å². The SMILES string of the molecule is Cc1nc(-c2cccs2)sc1C(=O)Nc1ccccc1C(N)=O. The lowest BCUT2D eigenvalue weighted by molar-refractivity contribution is 0.100. The fourth-order valence-corrected chi connectivity index (χ4v) is 3.86. The van der Waals surface area contributed by atoms with Crippen molar-refractivity contribution in [3.8, 4) is 9.88 Å². The Morgan fingerprint density at radius 3 is 2.65 bits per heavy atom. The van der Waals surface area contributed by atoms with Gasteiger partial charge >= 0.3 is 0 Å². The molecule has 5 nitrogen and oxygen atoms in total. The summed E-state index contributed by atoms with van der Waals surface area (Å²) in [7, 11) is 0. The first-order valence-corrected chi connectivity index (χ1v) is 8.47. The van der Waals surface area contributed by atoms with Crippen LogP contribution in [0, 0.1) is 6.92 Å². The summed E-state index contributed by atoms with van der Waals surface area (Å²) in [5.74, 6) is -0.877. The summed E-state index contributed by atoms with van der Waals surface area (Å²) < 4.78 is 0. The number of nitrogens with two attached hydrogens (primary N) is 1. The zero-order valence-electron chi connectivity index (χ0n) is 12.2. The van der Waals surface area contributed by atoms with Crippen molar-refractivity contribution in [1.29, 1.82) is 0 Å². The molecule has 0 spiro atoms. The molecule has 2 aromatic heterocycles. The van der Waals surface area contributed by atoms with Crippen LogP contribution in [0.5, 0.6) is 0 Å². The first-order valence-electron chi connectivity index (χ1n) is 6.77. The number of primary amides is 1. The van der Waals surface area contributed by atoms with Crippen molar-refractivity contribution in [3.05, 3.63) is 57.9 Å². The average molecular weight is 343 g/mol. The number of hydrogen-bond acceptors (Lipinski definition) is 5. The normalized spacial score (nSPS) is 10.5. The van der Waals surface area contributed by atoms with Gasteiger partial charge < -0.3 is 11.1 Å². The van der Waals surface area contributed by atoms with E-state index in [-0.39, 0.29) is 11.5 Å². The minimum Gasteiger partial charge on any atom is -0.366 e. The molecule has 0 saturated heterocycles. The zero-order chi connectivity index (χ0) is 16.4. The lowest BCUT2D eigenvalue weighted by Gasteiger charge is -2.07. The van der Waals surface area contributed by atoms with Crippen LogP contribution < -0.4 is 11.1 Å². The maximum atomic E-state index is 12.5. The maximum absolute atomic E-state index is 12.5. The van der Waals surface area contributed by atoms with Crippen LogP contribution in [0.3, 0.4) is 0 Å². The predicted molar refractivity (Wildman–Crippen MR) is 93.1 cm³/mol. The van der Waals surface area contributed by atoms with Crippen molar-refractivity contribution in [2.24, 2.45) is 5.73 Å². The van der Waals surface area contributed by atoms with Gasteiger partial charge in [0.15, 0.2) is 0 Å². The van der Waals surface area contributed by atoms with Gasteiger partial charge in [-0.1, -0.05) is 18.2 Å². The van der Waals surface area contributed by atoms with E-state index in [1.165, 1.54) is 11.3 Å². The molecule has 3 aromatic rings. The Balaban J connectivity index is 1.89. The number of carbonyl (C=O) groups is 2. The molecule has 0 radical (unpaired) electrons. The summed E-state index contributed by atoms with van der Waals surface area (Å²) in [6.07, 6.45) is 0. The van der Waals surface area contributed by atoms with E-state index in [1.54, 1.807) is 42.5 Å². The minimum atomic E-state index is -0.582. The first kappa shape index (κ1) is 15.4. The third-order valence-electron chi connectivity index (χ3n) is 3.18. The average Bonchev–Trinajstić information content (AvgIpc) is 3.16. The van der Waals surface area contributed by atoms with E-state index in [1.807, 2.05) is 17.5 Å². The second-order valence-corrected chi connectivity index (χ2v) is 6.72. The third-order valence-corrected chi connectivity index (χ3v) is 5.37. The highest BCUT2D eigenvalue weighted by Crippen LogP contribution is 2.31. The molecule has 3 N–H and O–H groups in total. The Labute approximate surface area is 140 Å². The summed E-state index contributed by atoms with van der Waals surface area (Å²) in [4.78, 5) is 29.9. The lowest BCUT2D eigenvalue weighted by Crippen LogP contribution is -2.18. The number of para-hydroxylation sites is 1. The summed E-state index contributed by atoms with van der Waals surface area (Å²) in [5, 5.41) is 5.52. The molecule has 3 rings (SSSR count). The van der Waals surface area contributed by atoms with Gasteiger partial charge in [0.05, 0.1) is 21.8 Å². The maximum Gasteiger partial charge on any atom is 0.267 e. The molecule has 2 amide bonds. The Bertz CT molecular complexity index is 869. The molecule has 0 atom stereocenters. The van der Waals surface area contributed by atoms with Crippen molar-refractivity contribution in [1.82, 2.24) is 4.98 Å². The molecular formula is C16H13N3O2S2. The topological polar surface area (TPSA) is 85.1 Å². The quantitative estimate of drug-likeness (QED) is 0.760. The minimum absolute atomic E-state index is 0.279. The summed E-state index contributed by atoms with van der Waals surface area (Å²) in [6, 6.07) is 10.6. The van der Waals surface area contributed by atoms with Crippen LogP contribution in [0.25, 0.3) is 9.88 Å². The van der Waals surface area contributed by atoms with Gasteiger partial charge in [-0.15, -0.1) is 22.7 Å². The van der Waals surface area contributed by atoms with Gasteiger partial charge in [-0.25, -0.2) is 4.98 Å². The van der Waals surface area contributed by atoms with Crippen LogP contribution in [0.2, 0.25) is 0 Å². The van der Waals surface area contributed by atoms with E-state index in [0.29, 0.717) is 16.3 Å². The Morgan fingerprint density at radius 1 is 1.17 bits per heavy atom. The van der Waals surface area contributed by atoms with E-state index in [0.717, 1.165) is 9.88 Å². The smallest absolute Gasteiger partial charge is 0.267 e. The number of thiazole rings is 1. The second-order valence-electron chi connectivity index (χ2n) is 4.77. The van der Waals surface area contributed by atoms with Crippen LogP contribution in [0.1, 0.15) is 25.7 Å². The molecule has 0 aliphatic rings. The number of thiophene rings is 1. The van der Waals surface area contributed by atoms with E-state index in [4.69, 9.17) is 5.73 Å². The fraction of sp³-hybridized carbons (Fsp3) is 0.0625. The Hall–Kier alpha value is -2.51. The number of rotatable bonds is 4. The molecule has 116 valence electrons. The van der Waals surface area contributed by atoms with Gasteiger partial charge in [-0.2, -0.15) is 0 Å². The summed E-state index contributed by atoms with van der Waals surface area (Å²) >= 11 is 2.91. The van der Waals surface area contributed by atoms with Gasteiger partial charge in [0.25, 0.3) is 11.8 Å². The highest BCUT2D eigenvalue weighted by Gasteiger charge is 2.18. The van der Waals surface area contributed by atoms with Gasteiger partial charge in [0.2, 0.25) is 0 Å². The van der Waals surface area contributed by atoms with E-state index < -0.39 is 5.91 Å². The molecule has 0 aliphatic carbocycles. The molecule has 2 heterocycles. The summed E-state index contributed by atoms with van der Waals surface area (Å²) in [5.41, 5.74) is 6.67. The predicted octanol–water partition coefficient (Wildman–Crippen LogP) is 3.53. The Kier molecular flexibility index (Phi) is 4.22. The molecule has 7 heteroatoms. The van der Waals surface area contributed by atoms with Gasteiger partial charge in [-0.05, 0) is 30.5 Å². The van der Waals surface area contributed by atoms with Crippen LogP contribution in [0.4, 0.5) is 5.69 Å². The van der Waals surface area contributed by atoms with E-state index in [2.05, 4.69) is 10.3 Å². The van der Waals surface area contributed by atoms with Crippen LogP contribution in [0.15, 0.2) is 41.8 Å². The standard InChI is InChI=1S/C16H13N3O2S2/c1-9-13(23-16(18-9)12-7-4-8-22-12)15(21)19-11-6-3-2-5-10(11)14(17)20/h2-8H,1H3,(H2,17,20)(H,19,21). The van der Waals surface area contributed by atoms with Gasteiger partial charge in [0.1, 0.15) is 9.88 Å². The molecular weight excluding hydrogens is 330 g/mol. The van der Waals surface area contributed by atoms with Crippen LogP contribution >= 0.6 is 22.7 Å². The van der Waals surface area contributed by atoms with Crippen molar-refractivity contribution >= 4 is 40.2 Å². The fourth-order valence-electron chi connectivity index (χ4n) is 2.10. The molecule has 0 saturated carbocycles. The Morgan fingerprint density at radius 2 is 1.96 bits per heavy atom. The number of aryl methyl sites for hydroxylation is 1. The number of benzene rings is 1. The van der Waals surface area contributed by atoms with Crippen molar-refractivity contribution in [3.63, 3.8) is 0 Å². The highest BCUT2D eigenvalue weighted by atomic mass is 32.1. The lowest BCUT2D eigenvalue weighted by atomic mass is 10.1. The molecule has 23 heavy (non-hydrogen) atoms. The second kappa shape index (κ2) is 6.31. The molecule has 0 unspecified atom stereocenters. The monoisotopic (exact) mass is 343 g/mol. The van der Waals surface area contributed by atoms with Crippen molar-refractivity contribution in [2.75, 3.05) is 5.32 Å². The summed E-state index contributed by atoms with van der Waals surface area (Å²) in [6.45, 7) is 1.79. The third kappa shape index (κ3) is 3.15. The van der Waals surface area contributed by atoms with Crippen LogP contribution in [-0.4, -0.2) is 16.8 Å². The number of aromatic nitrogens is 1. The van der Waals surface area contributed by atoms with Crippen molar-refractivity contribution < 1.29 is 9.59 Å². The van der Waals surface area contributed by atoms with Gasteiger partial charge in [0, 0.05) is 0 Å². The van der Waals surface area contributed by atoms with Crippen LogP contribution in [-0.2, 0) is 0 Å². The number of nitrogens with zero attached hydrogens (tertiary/aromatic N) is 1. The van der Waals surface area contributed by atoms with E-state index >= 15 is 0 Å². The zero-order valence-corrected chi connectivity index (χ0v) is 13.8. The first-order chi connectivity index (χ1) is 11.1. The number of amides is 2. The number of nitrogens with one attached hydrogen (secondary N) is 1. The molecule has 0 aliphatic heterocycles. The number of anilines is 1. The number of hydrogen-bond donors (Lipinski definition) is 2. The molecule has 0 bridgehead atoms. The number of carbonyl (C=O) groups excluding carboxylic acids is 2. The largest absolute Gasteiger partial charge is 0.366 e. The van der Waals surface area contributed by atoms with E-state index in [9.17, 15) is 9.59 Å². The molecule has 1 aromatic carbocycles. The van der Waals surface area contributed by atoms with Gasteiger partial charge in [-0.3, -0.25) is 9.59 Å². The molecule has 0 fully saturated rings. The highest BCUT2D eigenvalue weighted by molar-refractivity contribution is 7.22.